The van der Waals surface area contributed by atoms with Crippen molar-refractivity contribution < 1.29 is 13.9 Å². The lowest BCUT2D eigenvalue weighted by molar-refractivity contribution is -0.0348. The van der Waals surface area contributed by atoms with E-state index in [0.717, 1.165) is 17.8 Å². The van der Waals surface area contributed by atoms with E-state index >= 15 is 0 Å². The van der Waals surface area contributed by atoms with Gasteiger partial charge in [0.15, 0.2) is 6.10 Å². The molecule has 3 heterocycles. The van der Waals surface area contributed by atoms with E-state index in [9.17, 15) is 4.79 Å². The second kappa shape index (κ2) is 6.53. The van der Waals surface area contributed by atoms with E-state index in [-0.39, 0.29) is 12.0 Å². The lowest BCUT2D eigenvalue weighted by Gasteiger charge is -2.30. The first kappa shape index (κ1) is 15.1. The van der Waals surface area contributed by atoms with Gasteiger partial charge in [-0.3, -0.25) is 4.79 Å². The lowest BCUT2D eigenvalue weighted by atomic mass is 10.2. The van der Waals surface area contributed by atoms with Crippen LogP contribution in [0.4, 0.5) is 0 Å². The quantitative estimate of drug-likeness (QED) is 0.856. The summed E-state index contributed by atoms with van der Waals surface area (Å²) in [6, 6.07) is 0. The Morgan fingerprint density at radius 1 is 1.50 bits per heavy atom. The fraction of sp³-hybridized carbons (Fsp3) is 0.571. The summed E-state index contributed by atoms with van der Waals surface area (Å²) in [4.78, 5) is 19.3. The number of amides is 1. The highest BCUT2D eigenvalue weighted by Crippen LogP contribution is 2.24. The molecule has 7 nitrogen and oxygen atoms in total. The van der Waals surface area contributed by atoms with Crippen LogP contribution in [-0.4, -0.2) is 45.7 Å². The van der Waals surface area contributed by atoms with E-state index in [2.05, 4.69) is 22.1 Å². The first-order valence-corrected chi connectivity index (χ1v) is 8.14. The van der Waals surface area contributed by atoms with Crippen molar-refractivity contribution in [1.29, 1.82) is 0 Å². The topological polar surface area (TPSA) is 81.4 Å². The number of hydrogen-bond acceptors (Lipinski definition) is 7. The van der Waals surface area contributed by atoms with Gasteiger partial charge in [0.1, 0.15) is 4.88 Å². The lowest BCUT2D eigenvalue weighted by Crippen LogP contribution is -2.42. The van der Waals surface area contributed by atoms with Crippen molar-refractivity contribution in [3.8, 4) is 0 Å². The van der Waals surface area contributed by atoms with Gasteiger partial charge in [-0.2, -0.15) is 0 Å². The molecule has 3 rings (SSSR count). The monoisotopic (exact) mass is 322 g/mol. The summed E-state index contributed by atoms with van der Waals surface area (Å²) < 4.78 is 11.0. The predicted molar refractivity (Wildman–Crippen MR) is 79.7 cm³/mol. The maximum Gasteiger partial charge on any atom is 0.265 e. The number of morpholine rings is 1. The molecule has 1 unspecified atom stereocenters. The summed E-state index contributed by atoms with van der Waals surface area (Å²) in [5.74, 6) is 0.907. The molecule has 0 saturated carbocycles. The van der Waals surface area contributed by atoms with Crippen LogP contribution in [0.5, 0.6) is 0 Å². The number of aryl methyl sites for hydroxylation is 2. The fourth-order valence-corrected chi connectivity index (χ4v) is 3.31. The number of carbonyl (C=O) groups is 1. The van der Waals surface area contributed by atoms with Crippen molar-refractivity contribution in [2.45, 2.75) is 32.8 Å². The molecule has 0 N–H and O–H groups in total. The number of thiazole rings is 1. The third-order valence-corrected chi connectivity index (χ3v) is 4.44. The van der Waals surface area contributed by atoms with Crippen LogP contribution < -0.4 is 0 Å². The average molecular weight is 322 g/mol. The largest absolute Gasteiger partial charge is 0.423 e. The van der Waals surface area contributed by atoms with Gasteiger partial charge in [-0.15, -0.1) is 21.5 Å². The molecular weight excluding hydrogens is 304 g/mol. The zero-order chi connectivity index (χ0) is 15.5. The third kappa shape index (κ3) is 3.17. The van der Waals surface area contributed by atoms with Gasteiger partial charge in [-0.1, -0.05) is 6.92 Å². The van der Waals surface area contributed by atoms with E-state index in [0.29, 0.717) is 36.4 Å². The highest BCUT2D eigenvalue weighted by atomic mass is 32.1. The molecule has 0 spiro atoms. The van der Waals surface area contributed by atoms with Gasteiger partial charge >= 0.3 is 0 Å². The second-order valence-corrected chi connectivity index (χ2v) is 6.25. The van der Waals surface area contributed by atoms with E-state index in [1.807, 2.05) is 0 Å². The van der Waals surface area contributed by atoms with Crippen molar-refractivity contribution >= 4 is 17.2 Å². The number of carbonyl (C=O) groups excluding carboxylic acids is 1. The Hall–Kier alpha value is -1.80. The van der Waals surface area contributed by atoms with E-state index in [4.69, 9.17) is 9.15 Å². The van der Waals surface area contributed by atoms with Gasteiger partial charge in [0.25, 0.3) is 5.91 Å². The Balaban J connectivity index is 1.69. The number of nitrogens with zero attached hydrogens (tertiary/aromatic N) is 4. The summed E-state index contributed by atoms with van der Waals surface area (Å²) in [5, 5.41) is 8.78. The molecule has 8 heteroatoms. The Bertz CT molecular complexity index is 654. The Labute approximate surface area is 132 Å². The summed E-state index contributed by atoms with van der Waals surface area (Å²) >= 11 is 1.47. The summed E-state index contributed by atoms with van der Waals surface area (Å²) in [6.45, 7) is 5.26. The molecule has 1 amide bonds. The molecule has 22 heavy (non-hydrogen) atoms. The predicted octanol–water partition coefficient (Wildman–Crippen LogP) is 2.00. The van der Waals surface area contributed by atoms with Crippen LogP contribution in [0.1, 0.15) is 45.9 Å². The zero-order valence-corrected chi connectivity index (χ0v) is 13.4. The average Bonchev–Trinajstić information content (AvgIpc) is 3.16. The normalized spacial score (nSPS) is 18.6. The maximum atomic E-state index is 12.6. The summed E-state index contributed by atoms with van der Waals surface area (Å²) in [5.41, 5.74) is 0. The number of aromatic nitrogens is 3. The number of rotatable bonds is 4. The van der Waals surface area contributed by atoms with Gasteiger partial charge in [-0.05, 0) is 12.8 Å². The molecule has 1 aliphatic rings. The van der Waals surface area contributed by atoms with Gasteiger partial charge in [0.05, 0.1) is 24.4 Å². The van der Waals surface area contributed by atoms with Crippen molar-refractivity contribution in [3.05, 3.63) is 27.9 Å². The van der Waals surface area contributed by atoms with E-state index < -0.39 is 0 Å². The van der Waals surface area contributed by atoms with Crippen LogP contribution >= 0.6 is 11.3 Å². The minimum absolute atomic E-state index is 0.00982. The Morgan fingerprint density at radius 2 is 2.36 bits per heavy atom. The summed E-state index contributed by atoms with van der Waals surface area (Å²) in [7, 11) is 0. The van der Waals surface area contributed by atoms with Gasteiger partial charge in [0.2, 0.25) is 11.8 Å². The molecule has 0 radical (unpaired) electrons. The van der Waals surface area contributed by atoms with Crippen LogP contribution in [0.2, 0.25) is 0 Å². The van der Waals surface area contributed by atoms with E-state index in [1.165, 1.54) is 11.3 Å². The first-order chi connectivity index (χ1) is 10.7. The smallest absolute Gasteiger partial charge is 0.265 e. The molecule has 2 aromatic heterocycles. The van der Waals surface area contributed by atoms with Gasteiger partial charge < -0.3 is 14.1 Å². The number of ether oxygens (including phenoxy) is 1. The molecule has 2 aromatic rings. The zero-order valence-electron chi connectivity index (χ0n) is 12.6. The number of hydrogen-bond donors (Lipinski definition) is 0. The maximum absolute atomic E-state index is 12.6. The molecule has 1 fully saturated rings. The minimum atomic E-state index is -0.359. The molecule has 1 atom stereocenters. The van der Waals surface area contributed by atoms with Crippen molar-refractivity contribution in [2.24, 2.45) is 0 Å². The third-order valence-electron chi connectivity index (χ3n) is 3.40. The molecule has 0 bridgehead atoms. The van der Waals surface area contributed by atoms with Crippen molar-refractivity contribution in [2.75, 3.05) is 19.7 Å². The minimum Gasteiger partial charge on any atom is -0.423 e. The van der Waals surface area contributed by atoms with Crippen LogP contribution in [-0.2, 0) is 11.2 Å². The molecule has 0 aromatic carbocycles. The molecule has 1 aliphatic heterocycles. The molecule has 118 valence electrons. The molecule has 0 aliphatic carbocycles. The highest BCUT2D eigenvalue weighted by Gasteiger charge is 2.30. The van der Waals surface area contributed by atoms with Gasteiger partial charge in [0, 0.05) is 13.5 Å². The van der Waals surface area contributed by atoms with Crippen molar-refractivity contribution in [3.63, 3.8) is 0 Å². The SMILES string of the molecule is CCCc1ncc(C(=O)N2CCOC(c3nnc(C)o3)C2)s1. The molecule has 1 saturated heterocycles. The van der Waals surface area contributed by atoms with Crippen LogP contribution in [0.15, 0.2) is 10.6 Å². The van der Waals surface area contributed by atoms with Crippen LogP contribution in [0.3, 0.4) is 0 Å². The van der Waals surface area contributed by atoms with Crippen LogP contribution in [0.25, 0.3) is 0 Å². The van der Waals surface area contributed by atoms with Crippen LogP contribution in [0, 0.1) is 6.92 Å². The Kier molecular flexibility index (Phi) is 4.49. The fourth-order valence-electron chi connectivity index (χ4n) is 2.32. The van der Waals surface area contributed by atoms with Gasteiger partial charge in [-0.25, -0.2) is 4.98 Å². The standard InChI is InChI=1S/C14H18N4O3S/c1-3-4-12-15-7-11(22-12)14(19)18-5-6-20-10(8-18)13-17-16-9(2)21-13/h7,10H,3-6,8H2,1-2H3. The highest BCUT2D eigenvalue weighted by molar-refractivity contribution is 7.13. The Morgan fingerprint density at radius 3 is 3.09 bits per heavy atom. The molecular formula is C14H18N4O3S. The second-order valence-electron chi connectivity index (χ2n) is 5.14. The van der Waals surface area contributed by atoms with E-state index in [1.54, 1.807) is 18.0 Å². The van der Waals surface area contributed by atoms with Crippen molar-refractivity contribution in [1.82, 2.24) is 20.1 Å². The summed E-state index contributed by atoms with van der Waals surface area (Å²) in [6.07, 6.45) is 3.24. The first-order valence-electron chi connectivity index (χ1n) is 7.33.